The van der Waals surface area contributed by atoms with E-state index in [2.05, 4.69) is 15.4 Å². The molecule has 1 fully saturated rings. The number of ether oxygens (including phenoxy) is 1. The Morgan fingerprint density at radius 3 is 2.75 bits per heavy atom. The highest BCUT2D eigenvalue weighted by Crippen LogP contribution is 2.26. The van der Waals surface area contributed by atoms with E-state index in [1.807, 2.05) is 18.2 Å². The first-order valence-corrected chi connectivity index (χ1v) is 12.2. The molecule has 2 amide bonds. The van der Waals surface area contributed by atoms with Gasteiger partial charge in [0.15, 0.2) is 12.1 Å². The summed E-state index contributed by atoms with van der Waals surface area (Å²) in [6, 6.07) is 12.6. The van der Waals surface area contributed by atoms with Gasteiger partial charge < -0.3 is 14.5 Å². The van der Waals surface area contributed by atoms with Gasteiger partial charge in [-0.25, -0.2) is 0 Å². The molecule has 0 aliphatic carbocycles. The Kier molecular flexibility index (Phi) is 8.00. The zero-order chi connectivity index (χ0) is 25.7. The topological polar surface area (TPSA) is 93.4 Å². The third-order valence-corrected chi connectivity index (χ3v) is 6.13. The van der Waals surface area contributed by atoms with Gasteiger partial charge in [-0.3, -0.25) is 9.59 Å². The van der Waals surface area contributed by atoms with Crippen LogP contribution >= 0.6 is 11.6 Å². The molecule has 0 spiro atoms. The van der Waals surface area contributed by atoms with Crippen LogP contribution in [0, 0.1) is 6.92 Å². The molecule has 0 radical (unpaired) electrons. The number of aryl methyl sites for hydroxylation is 1. The average Bonchev–Trinajstić information content (AvgIpc) is 3.28. The second-order valence-corrected chi connectivity index (χ2v) is 9.28. The second-order valence-electron chi connectivity index (χ2n) is 8.84. The van der Waals surface area contributed by atoms with Gasteiger partial charge in [0.2, 0.25) is 5.91 Å². The summed E-state index contributed by atoms with van der Waals surface area (Å²) < 4.78 is 6.24. The zero-order valence-corrected chi connectivity index (χ0v) is 21.4. The average molecular weight is 509 g/mol. The summed E-state index contributed by atoms with van der Waals surface area (Å²) in [5.41, 5.74) is 2.17. The van der Waals surface area contributed by atoms with Gasteiger partial charge in [0.25, 0.3) is 5.91 Å². The first-order valence-electron chi connectivity index (χ1n) is 11.8. The number of carbonyl (C=O) groups excluding carboxylic acids is 2. The van der Waals surface area contributed by atoms with Gasteiger partial charge in [0.05, 0.1) is 12.1 Å². The van der Waals surface area contributed by atoms with Crippen molar-refractivity contribution in [2.75, 3.05) is 20.6 Å². The minimum absolute atomic E-state index is 0.147. The number of tetrazole rings is 1. The number of amides is 2. The van der Waals surface area contributed by atoms with E-state index in [4.69, 9.17) is 16.3 Å². The lowest BCUT2D eigenvalue weighted by Gasteiger charge is -2.35. The van der Waals surface area contributed by atoms with Crippen molar-refractivity contribution in [1.29, 1.82) is 0 Å². The number of halogens is 1. The maximum Gasteiger partial charge on any atom is 0.257 e. The highest BCUT2D eigenvalue weighted by molar-refractivity contribution is 6.30. The molecule has 1 aliphatic heterocycles. The van der Waals surface area contributed by atoms with Gasteiger partial charge in [0.1, 0.15) is 5.75 Å². The highest BCUT2D eigenvalue weighted by Gasteiger charge is 2.28. The number of likely N-dealkylation sites (tertiary alicyclic amines) is 1. The molecule has 0 N–H and O–H groups in total. The van der Waals surface area contributed by atoms with Crippen molar-refractivity contribution in [3.8, 4) is 5.75 Å². The number of rotatable bonds is 7. The predicted octanol–water partition coefficient (Wildman–Crippen LogP) is 3.82. The van der Waals surface area contributed by atoms with Crippen LogP contribution in [0.3, 0.4) is 0 Å². The zero-order valence-electron chi connectivity index (χ0n) is 20.6. The van der Waals surface area contributed by atoms with E-state index in [0.29, 0.717) is 41.7 Å². The second kappa shape index (κ2) is 11.3. The molecule has 10 heteroatoms. The molecule has 3 aromatic rings. The summed E-state index contributed by atoms with van der Waals surface area (Å²) >= 11 is 6.21. The Bertz CT molecular complexity index is 1270. The standard InChI is InChI=1S/C26H29ClN6O3/c1-18-28-30-33(29-18)17-20-16-21(27)13-11-19(20)12-14-24(34)32-15-7-6-10-25(32)36-23-9-5-4-8-22(23)26(35)31(2)3/h4-5,8-9,11-14,16,25H,6-7,10,15,17H2,1-3H3/b14-12+. The molecule has 1 saturated heterocycles. The number of hydrogen-bond acceptors (Lipinski definition) is 6. The van der Waals surface area contributed by atoms with Crippen molar-refractivity contribution in [3.63, 3.8) is 0 Å². The lowest BCUT2D eigenvalue weighted by molar-refractivity contribution is -0.136. The largest absolute Gasteiger partial charge is 0.470 e. The van der Waals surface area contributed by atoms with Crippen LogP contribution in [0.1, 0.15) is 46.6 Å². The molecule has 1 atom stereocenters. The number of hydrogen-bond donors (Lipinski definition) is 0. The Hall–Kier alpha value is -3.72. The lowest BCUT2D eigenvalue weighted by atomic mass is 10.1. The third kappa shape index (κ3) is 6.09. The van der Waals surface area contributed by atoms with E-state index in [9.17, 15) is 9.59 Å². The van der Waals surface area contributed by atoms with Crippen LogP contribution in [-0.4, -0.2) is 68.7 Å². The van der Waals surface area contributed by atoms with Gasteiger partial charge in [-0.1, -0.05) is 29.8 Å². The molecular formula is C26H29ClN6O3. The summed E-state index contributed by atoms with van der Waals surface area (Å²) in [6.45, 7) is 2.72. The van der Waals surface area contributed by atoms with Crippen LogP contribution < -0.4 is 4.74 Å². The fraction of sp³-hybridized carbons (Fsp3) is 0.346. The molecular weight excluding hydrogens is 480 g/mol. The molecule has 36 heavy (non-hydrogen) atoms. The summed E-state index contributed by atoms with van der Waals surface area (Å²) in [4.78, 5) is 30.6. The van der Waals surface area contributed by atoms with Gasteiger partial charge >= 0.3 is 0 Å². The van der Waals surface area contributed by atoms with Crippen LogP contribution in [0.2, 0.25) is 5.02 Å². The molecule has 2 aromatic carbocycles. The van der Waals surface area contributed by atoms with E-state index < -0.39 is 6.23 Å². The molecule has 9 nitrogen and oxygen atoms in total. The molecule has 4 rings (SSSR count). The molecule has 2 heterocycles. The number of carbonyl (C=O) groups is 2. The van der Waals surface area contributed by atoms with Gasteiger partial charge in [-0.05, 0) is 66.4 Å². The minimum Gasteiger partial charge on any atom is -0.470 e. The van der Waals surface area contributed by atoms with Crippen molar-refractivity contribution in [3.05, 3.63) is 76.1 Å². The van der Waals surface area contributed by atoms with Crippen LogP contribution in [0.5, 0.6) is 5.75 Å². The minimum atomic E-state index is -0.459. The Labute approximate surface area is 215 Å². The smallest absolute Gasteiger partial charge is 0.257 e. The van der Waals surface area contributed by atoms with Gasteiger partial charge in [-0.2, -0.15) is 4.80 Å². The Morgan fingerprint density at radius 2 is 2.00 bits per heavy atom. The number of piperidine rings is 1. The van der Waals surface area contributed by atoms with Crippen molar-refractivity contribution in [2.24, 2.45) is 0 Å². The van der Waals surface area contributed by atoms with Crippen molar-refractivity contribution in [1.82, 2.24) is 30.0 Å². The summed E-state index contributed by atoms with van der Waals surface area (Å²) in [7, 11) is 3.40. The fourth-order valence-electron chi connectivity index (χ4n) is 4.08. The number of para-hydroxylation sites is 1. The van der Waals surface area contributed by atoms with Crippen LogP contribution in [0.4, 0.5) is 0 Å². The van der Waals surface area contributed by atoms with E-state index in [1.165, 1.54) is 9.70 Å². The SMILES string of the molecule is Cc1nnn(Cc2cc(Cl)ccc2/C=C/C(=O)N2CCCCC2Oc2ccccc2C(=O)N(C)C)n1. The molecule has 0 saturated carbocycles. The molecule has 1 unspecified atom stereocenters. The number of aromatic nitrogens is 4. The van der Waals surface area contributed by atoms with Crippen LogP contribution in [0.25, 0.3) is 6.08 Å². The Morgan fingerprint density at radius 1 is 1.19 bits per heavy atom. The summed E-state index contributed by atoms with van der Waals surface area (Å²) in [6.07, 6.45) is 5.37. The van der Waals surface area contributed by atoms with E-state index >= 15 is 0 Å². The third-order valence-electron chi connectivity index (χ3n) is 5.89. The van der Waals surface area contributed by atoms with Crippen molar-refractivity contribution < 1.29 is 14.3 Å². The maximum atomic E-state index is 13.3. The van der Waals surface area contributed by atoms with Crippen molar-refractivity contribution >= 4 is 29.5 Å². The first-order chi connectivity index (χ1) is 17.3. The summed E-state index contributed by atoms with van der Waals surface area (Å²) in [5.74, 6) is 0.744. The molecule has 188 valence electrons. The quantitative estimate of drug-likeness (QED) is 0.450. The molecule has 1 aliphatic rings. The maximum absolute atomic E-state index is 13.3. The van der Waals surface area contributed by atoms with E-state index in [-0.39, 0.29) is 11.8 Å². The Balaban J connectivity index is 1.52. The monoisotopic (exact) mass is 508 g/mol. The first kappa shape index (κ1) is 25.4. The number of nitrogens with zero attached hydrogens (tertiary/aromatic N) is 6. The lowest BCUT2D eigenvalue weighted by Crippen LogP contribution is -2.46. The van der Waals surface area contributed by atoms with Crippen LogP contribution in [0.15, 0.2) is 48.5 Å². The molecule has 0 bridgehead atoms. The predicted molar refractivity (Wildman–Crippen MR) is 137 cm³/mol. The summed E-state index contributed by atoms with van der Waals surface area (Å²) in [5, 5.41) is 12.7. The van der Waals surface area contributed by atoms with E-state index in [0.717, 1.165) is 24.0 Å². The van der Waals surface area contributed by atoms with Crippen molar-refractivity contribution in [2.45, 2.75) is 39.0 Å². The van der Waals surface area contributed by atoms with Gasteiger partial charge in [0, 0.05) is 38.2 Å². The normalized spacial score (nSPS) is 15.8. The number of benzene rings is 2. The van der Waals surface area contributed by atoms with Crippen LogP contribution in [-0.2, 0) is 11.3 Å². The van der Waals surface area contributed by atoms with E-state index in [1.54, 1.807) is 62.3 Å². The molecule has 1 aromatic heterocycles. The highest BCUT2D eigenvalue weighted by atomic mass is 35.5. The fourth-order valence-corrected chi connectivity index (χ4v) is 4.28. The van der Waals surface area contributed by atoms with Gasteiger partial charge in [-0.15, -0.1) is 10.2 Å².